The van der Waals surface area contributed by atoms with E-state index in [1.165, 1.54) is 0 Å². The molecule has 4 atom stereocenters. The third-order valence-corrected chi connectivity index (χ3v) is 7.88. The summed E-state index contributed by atoms with van der Waals surface area (Å²) in [5.74, 6) is 2.03. The Balaban J connectivity index is 1.13. The maximum Gasteiger partial charge on any atom is 0.257 e. The van der Waals surface area contributed by atoms with Crippen molar-refractivity contribution in [1.29, 1.82) is 0 Å². The van der Waals surface area contributed by atoms with Crippen LogP contribution in [0.5, 0.6) is 17.4 Å². The molecule has 1 saturated carbocycles. The number of pyridine rings is 1. The van der Waals surface area contributed by atoms with Crippen LogP contribution in [0.15, 0.2) is 36.7 Å². The third kappa shape index (κ3) is 4.22. The predicted octanol–water partition coefficient (Wildman–Crippen LogP) is 3.67. The molecule has 2 aromatic heterocycles. The van der Waals surface area contributed by atoms with Crippen molar-refractivity contribution in [3.63, 3.8) is 0 Å². The Morgan fingerprint density at radius 1 is 0.973 bits per heavy atom. The van der Waals surface area contributed by atoms with E-state index in [-0.39, 0.29) is 23.9 Å². The Labute approximate surface area is 214 Å². The fourth-order valence-electron chi connectivity index (χ4n) is 5.93. The maximum atomic E-state index is 15.5. The number of nitrogens with one attached hydrogen (secondary N) is 1. The Kier molecular flexibility index (Phi) is 5.57. The minimum atomic E-state index is -0.940. The second-order valence-electron chi connectivity index (χ2n) is 10.4. The van der Waals surface area contributed by atoms with Crippen LogP contribution in [0, 0.1) is 0 Å². The first-order valence-electron chi connectivity index (χ1n) is 13.1. The molecule has 1 aromatic carbocycles. The molecule has 0 radical (unpaired) electrons. The molecule has 0 amide bonds. The van der Waals surface area contributed by atoms with E-state index in [1.807, 2.05) is 12.1 Å². The van der Waals surface area contributed by atoms with Crippen LogP contribution in [-0.2, 0) is 0 Å². The van der Waals surface area contributed by atoms with Crippen molar-refractivity contribution in [2.24, 2.45) is 0 Å². The van der Waals surface area contributed by atoms with E-state index < -0.39 is 6.17 Å². The summed E-state index contributed by atoms with van der Waals surface area (Å²) < 4.78 is 26.6. The van der Waals surface area contributed by atoms with Crippen molar-refractivity contribution in [3.05, 3.63) is 36.7 Å². The van der Waals surface area contributed by atoms with Crippen molar-refractivity contribution in [3.8, 4) is 39.9 Å². The highest BCUT2D eigenvalue weighted by Gasteiger charge is 2.46. The van der Waals surface area contributed by atoms with E-state index in [9.17, 15) is 5.11 Å². The molecule has 3 fully saturated rings. The lowest BCUT2D eigenvalue weighted by atomic mass is 9.82. The zero-order chi connectivity index (χ0) is 24.9. The smallest absolute Gasteiger partial charge is 0.257 e. The number of aromatic hydroxyl groups is 1. The van der Waals surface area contributed by atoms with E-state index in [4.69, 9.17) is 9.47 Å². The molecule has 3 aliphatic heterocycles. The lowest BCUT2D eigenvalue weighted by Crippen LogP contribution is -2.62. The number of ether oxygens (including phenoxy) is 2. The normalized spacial score (nSPS) is 26.5. The number of alkyl halides is 1. The summed E-state index contributed by atoms with van der Waals surface area (Å²) in [6, 6.07) is 7.49. The molecule has 37 heavy (non-hydrogen) atoms. The first kappa shape index (κ1) is 22.7. The Morgan fingerprint density at radius 3 is 2.68 bits per heavy atom. The summed E-state index contributed by atoms with van der Waals surface area (Å²) in [5.41, 5.74) is 2.06. The first-order valence-corrected chi connectivity index (χ1v) is 13.1. The monoisotopic (exact) mass is 504 g/mol. The fourth-order valence-corrected chi connectivity index (χ4v) is 5.93. The molecule has 9 nitrogen and oxygen atoms in total. The number of phenolic OH excluding ortho intramolecular Hbond substituents is 1. The second kappa shape index (κ2) is 9.09. The number of hydrogen-bond acceptors (Lipinski definition) is 9. The molecule has 7 rings (SSSR count). The van der Waals surface area contributed by atoms with Crippen LogP contribution < -0.4 is 19.7 Å². The minimum Gasteiger partial charge on any atom is -0.507 e. The van der Waals surface area contributed by atoms with Crippen LogP contribution >= 0.6 is 0 Å². The van der Waals surface area contributed by atoms with Gasteiger partial charge in [-0.15, -0.1) is 10.2 Å². The van der Waals surface area contributed by atoms with Gasteiger partial charge in [-0.1, -0.05) is 12.5 Å². The first-order chi connectivity index (χ1) is 18.1. The van der Waals surface area contributed by atoms with E-state index >= 15 is 4.39 Å². The van der Waals surface area contributed by atoms with Crippen molar-refractivity contribution in [2.75, 3.05) is 18.1 Å². The number of nitrogens with zero attached hydrogens (tertiary/aromatic N) is 5. The number of anilines is 1. The van der Waals surface area contributed by atoms with Crippen LogP contribution in [0.4, 0.5) is 10.2 Å². The average Bonchev–Trinajstić information content (AvgIpc) is 3.77. The molecule has 4 aliphatic rings. The molecule has 0 spiro atoms. The number of piperidine rings is 2. The van der Waals surface area contributed by atoms with Crippen molar-refractivity contribution in [2.45, 2.75) is 68.9 Å². The van der Waals surface area contributed by atoms with Gasteiger partial charge in [-0.25, -0.2) is 14.4 Å². The van der Waals surface area contributed by atoms with Gasteiger partial charge in [0, 0.05) is 29.9 Å². The Bertz CT molecular complexity index is 1300. The minimum absolute atomic E-state index is 0.0380. The number of fused-ring (bicyclic) bond motifs is 3. The maximum absolute atomic E-state index is 15.5. The lowest BCUT2D eigenvalue weighted by molar-refractivity contribution is 0.104. The molecule has 2 bridgehead atoms. The quantitative estimate of drug-likeness (QED) is 0.538. The summed E-state index contributed by atoms with van der Waals surface area (Å²) in [4.78, 5) is 11.0. The van der Waals surface area contributed by atoms with Crippen molar-refractivity contribution < 1.29 is 19.0 Å². The summed E-state index contributed by atoms with van der Waals surface area (Å²) in [6.07, 6.45) is 8.32. The van der Waals surface area contributed by atoms with Gasteiger partial charge in [0.05, 0.1) is 17.8 Å². The number of phenols is 1. The van der Waals surface area contributed by atoms with Crippen LogP contribution in [0.25, 0.3) is 22.5 Å². The molecular weight excluding hydrogens is 475 g/mol. The second-order valence-corrected chi connectivity index (χ2v) is 10.4. The zero-order valence-electron chi connectivity index (χ0n) is 20.4. The van der Waals surface area contributed by atoms with Crippen LogP contribution in [-0.4, -0.2) is 68.8 Å². The van der Waals surface area contributed by atoms with Gasteiger partial charge in [0.15, 0.2) is 17.4 Å². The predicted molar refractivity (Wildman–Crippen MR) is 135 cm³/mol. The topological polar surface area (TPSA) is 106 Å². The van der Waals surface area contributed by atoms with Crippen molar-refractivity contribution in [1.82, 2.24) is 25.5 Å². The molecule has 3 aromatic rings. The summed E-state index contributed by atoms with van der Waals surface area (Å²) in [5, 5.41) is 23.1. The SMILES string of the molecule is Oc1cc(-c2cnc3c(c2)OCCO3)ccc1-c1ncc(N(C2CC2)[C@H]2C[C@@H]3CCC[C@H](N3)[C@H]2F)nn1. The van der Waals surface area contributed by atoms with Crippen LogP contribution in [0.2, 0.25) is 0 Å². The fraction of sp³-hybridized carbons (Fsp3) is 0.481. The zero-order valence-corrected chi connectivity index (χ0v) is 20.4. The number of aromatic nitrogens is 4. The number of hydrogen-bond donors (Lipinski definition) is 2. The highest BCUT2D eigenvalue weighted by Crippen LogP contribution is 2.40. The van der Waals surface area contributed by atoms with Crippen LogP contribution in [0.3, 0.4) is 0 Å². The molecule has 2 saturated heterocycles. The summed E-state index contributed by atoms with van der Waals surface area (Å²) >= 11 is 0. The molecular formula is C27H29FN6O3. The molecule has 10 heteroatoms. The van der Waals surface area contributed by atoms with Gasteiger partial charge < -0.3 is 24.8 Å². The molecule has 5 heterocycles. The highest BCUT2D eigenvalue weighted by atomic mass is 19.1. The van der Waals surface area contributed by atoms with Gasteiger partial charge in [0.25, 0.3) is 5.88 Å². The van der Waals surface area contributed by atoms with Crippen LogP contribution in [0.1, 0.15) is 38.5 Å². The largest absolute Gasteiger partial charge is 0.507 e. The summed E-state index contributed by atoms with van der Waals surface area (Å²) in [7, 11) is 0. The molecule has 1 aliphatic carbocycles. The molecule has 0 unspecified atom stereocenters. The average molecular weight is 505 g/mol. The van der Waals surface area contributed by atoms with Crippen molar-refractivity contribution >= 4 is 5.82 Å². The van der Waals surface area contributed by atoms with E-state index in [0.717, 1.165) is 49.7 Å². The highest BCUT2D eigenvalue weighted by molar-refractivity contribution is 5.73. The van der Waals surface area contributed by atoms with Gasteiger partial charge in [-0.3, -0.25) is 0 Å². The third-order valence-electron chi connectivity index (χ3n) is 7.88. The Hall–Kier alpha value is -3.53. The number of benzene rings is 1. The van der Waals surface area contributed by atoms with Gasteiger partial charge in [-0.05, 0) is 55.9 Å². The lowest BCUT2D eigenvalue weighted by Gasteiger charge is -2.47. The number of halogens is 1. The van der Waals surface area contributed by atoms with Gasteiger partial charge in [0.2, 0.25) is 0 Å². The molecule has 2 N–H and O–H groups in total. The summed E-state index contributed by atoms with van der Waals surface area (Å²) in [6.45, 7) is 0.957. The molecule has 192 valence electrons. The van der Waals surface area contributed by atoms with Gasteiger partial charge in [0.1, 0.15) is 25.1 Å². The van der Waals surface area contributed by atoms with Gasteiger partial charge >= 0.3 is 0 Å². The van der Waals surface area contributed by atoms with E-state index in [1.54, 1.807) is 24.5 Å². The van der Waals surface area contributed by atoms with Gasteiger partial charge in [-0.2, -0.15) is 0 Å². The van der Waals surface area contributed by atoms with E-state index in [2.05, 4.69) is 30.4 Å². The number of rotatable bonds is 5. The Morgan fingerprint density at radius 2 is 1.86 bits per heavy atom. The standard InChI is InChI=1S/C27H29FN6O3/c28-25-20-3-1-2-17(31-20)12-21(25)34(18-5-6-18)24-14-29-26(33-32-24)19-7-4-15(10-22(19)35)16-11-23-27(30-13-16)37-9-8-36-23/h4,7,10-11,13-14,17-18,20-21,25,31,35H,1-3,5-6,8-9,12H2/t17-,20-,21-,25+/m0/s1. The van der Waals surface area contributed by atoms with E-state index in [0.29, 0.717) is 48.1 Å².